The number of carbonyl (C=O) groups is 1. The molecule has 1 aliphatic rings. The van der Waals surface area contributed by atoms with E-state index < -0.39 is 0 Å². The fraction of sp³-hybridized carbons (Fsp3) is 0.636. The Morgan fingerprint density at radius 3 is 2.75 bits per heavy atom. The number of aliphatic imine (C=N–C) groups is 1. The van der Waals surface area contributed by atoms with Crippen LogP contribution in [0.25, 0.3) is 0 Å². The molecule has 1 rings (SSSR count). The molecular formula is C11H20N4O. The molecule has 90 valence electrons. The Bertz CT molecular complexity index is 294. The maximum atomic E-state index is 11.3. The predicted molar refractivity (Wildman–Crippen MR) is 65.0 cm³/mol. The number of rotatable bonds is 6. The van der Waals surface area contributed by atoms with E-state index in [0.29, 0.717) is 12.5 Å². The van der Waals surface area contributed by atoms with E-state index in [9.17, 15) is 4.79 Å². The van der Waals surface area contributed by atoms with Gasteiger partial charge in [-0.15, -0.1) is 0 Å². The average Bonchev–Trinajstić information content (AvgIpc) is 3.04. The lowest BCUT2D eigenvalue weighted by Gasteiger charge is -2.05. The van der Waals surface area contributed by atoms with Gasteiger partial charge in [0.2, 0.25) is 5.91 Å². The molecule has 0 aromatic carbocycles. The third-order valence-corrected chi connectivity index (χ3v) is 2.25. The smallest absolute Gasteiger partial charge is 0.241 e. The van der Waals surface area contributed by atoms with Crippen LogP contribution >= 0.6 is 0 Å². The van der Waals surface area contributed by atoms with Gasteiger partial charge in [-0.25, -0.2) is 4.99 Å². The van der Waals surface area contributed by atoms with Crippen molar-refractivity contribution < 1.29 is 4.79 Å². The van der Waals surface area contributed by atoms with Crippen molar-refractivity contribution in [2.75, 3.05) is 19.6 Å². The zero-order valence-corrected chi connectivity index (χ0v) is 9.75. The van der Waals surface area contributed by atoms with Crippen LogP contribution in [0.1, 0.15) is 19.8 Å². The second-order valence-corrected chi connectivity index (χ2v) is 4.26. The highest BCUT2D eigenvalue weighted by Crippen LogP contribution is 2.27. The molecule has 0 atom stereocenters. The summed E-state index contributed by atoms with van der Waals surface area (Å²) >= 11 is 0. The van der Waals surface area contributed by atoms with E-state index in [2.05, 4.69) is 22.2 Å². The maximum Gasteiger partial charge on any atom is 0.241 e. The molecule has 0 radical (unpaired) electrons. The van der Waals surface area contributed by atoms with Crippen molar-refractivity contribution in [2.24, 2.45) is 16.6 Å². The summed E-state index contributed by atoms with van der Waals surface area (Å²) in [6.45, 7) is 7.06. The first kappa shape index (κ1) is 12.5. The van der Waals surface area contributed by atoms with Gasteiger partial charge in [-0.05, 0) is 25.7 Å². The van der Waals surface area contributed by atoms with E-state index in [1.807, 2.05) is 6.92 Å². The Kier molecular flexibility index (Phi) is 4.82. The Labute approximate surface area is 96.2 Å². The van der Waals surface area contributed by atoms with Crippen molar-refractivity contribution in [3.05, 3.63) is 12.2 Å². The summed E-state index contributed by atoms with van der Waals surface area (Å²) in [5, 5.41) is 5.68. The van der Waals surface area contributed by atoms with Crippen LogP contribution < -0.4 is 16.4 Å². The van der Waals surface area contributed by atoms with Crippen LogP contribution in [-0.4, -0.2) is 31.5 Å². The van der Waals surface area contributed by atoms with Gasteiger partial charge >= 0.3 is 0 Å². The Hall–Kier alpha value is -1.52. The minimum absolute atomic E-state index is 0.0769. The number of nitrogens with one attached hydrogen (secondary N) is 2. The van der Waals surface area contributed by atoms with E-state index in [-0.39, 0.29) is 18.4 Å². The molecule has 1 aliphatic carbocycles. The lowest BCUT2D eigenvalue weighted by Crippen LogP contribution is -2.35. The van der Waals surface area contributed by atoms with Gasteiger partial charge in [0.25, 0.3) is 0 Å². The van der Waals surface area contributed by atoms with Crippen LogP contribution in [0.15, 0.2) is 17.1 Å². The summed E-state index contributed by atoms with van der Waals surface area (Å²) in [5.74, 6) is 0.892. The third-order valence-electron chi connectivity index (χ3n) is 2.25. The quantitative estimate of drug-likeness (QED) is 0.337. The molecule has 0 aromatic rings. The van der Waals surface area contributed by atoms with E-state index in [1.54, 1.807) is 0 Å². The molecule has 16 heavy (non-hydrogen) atoms. The summed E-state index contributed by atoms with van der Waals surface area (Å²) < 4.78 is 0. The molecule has 4 N–H and O–H groups in total. The molecule has 1 amide bonds. The highest BCUT2D eigenvalue weighted by atomic mass is 16.1. The minimum Gasteiger partial charge on any atom is -0.370 e. The van der Waals surface area contributed by atoms with Crippen molar-refractivity contribution in [1.82, 2.24) is 10.6 Å². The van der Waals surface area contributed by atoms with Crippen molar-refractivity contribution in [3.63, 3.8) is 0 Å². The van der Waals surface area contributed by atoms with Crippen LogP contribution in [0.5, 0.6) is 0 Å². The Balaban J connectivity index is 2.11. The molecule has 0 unspecified atom stereocenters. The van der Waals surface area contributed by atoms with E-state index >= 15 is 0 Å². The fourth-order valence-electron chi connectivity index (χ4n) is 1.09. The van der Waals surface area contributed by atoms with Crippen molar-refractivity contribution in [1.29, 1.82) is 0 Å². The summed E-state index contributed by atoms with van der Waals surface area (Å²) in [7, 11) is 0. The summed E-state index contributed by atoms with van der Waals surface area (Å²) in [6, 6.07) is 0. The fourth-order valence-corrected chi connectivity index (χ4v) is 1.09. The summed E-state index contributed by atoms with van der Waals surface area (Å²) in [4.78, 5) is 15.2. The summed E-state index contributed by atoms with van der Waals surface area (Å²) in [5.41, 5.74) is 6.53. The topological polar surface area (TPSA) is 79.5 Å². The van der Waals surface area contributed by atoms with E-state index in [1.165, 1.54) is 12.8 Å². The second kappa shape index (κ2) is 6.15. The second-order valence-electron chi connectivity index (χ2n) is 4.26. The Morgan fingerprint density at radius 1 is 1.50 bits per heavy atom. The van der Waals surface area contributed by atoms with Crippen LogP contribution in [0.4, 0.5) is 0 Å². The monoisotopic (exact) mass is 224 g/mol. The van der Waals surface area contributed by atoms with E-state index in [0.717, 1.165) is 12.1 Å². The molecule has 5 nitrogen and oxygen atoms in total. The van der Waals surface area contributed by atoms with Crippen LogP contribution in [0.3, 0.4) is 0 Å². The lowest BCUT2D eigenvalue weighted by atomic mass is 10.3. The van der Waals surface area contributed by atoms with Crippen molar-refractivity contribution in [2.45, 2.75) is 19.8 Å². The molecule has 5 heteroatoms. The molecule has 0 aromatic heterocycles. The first-order valence-electron chi connectivity index (χ1n) is 5.53. The van der Waals surface area contributed by atoms with Gasteiger partial charge in [0.15, 0.2) is 5.96 Å². The zero-order valence-electron chi connectivity index (χ0n) is 9.75. The zero-order chi connectivity index (χ0) is 12.0. The number of hydrogen-bond donors (Lipinski definition) is 3. The number of guanidine groups is 1. The van der Waals surface area contributed by atoms with Crippen molar-refractivity contribution in [3.8, 4) is 0 Å². The first-order chi connectivity index (χ1) is 7.58. The molecule has 0 heterocycles. The molecule has 0 spiro atoms. The van der Waals surface area contributed by atoms with Gasteiger partial charge in [0.05, 0.1) is 0 Å². The predicted octanol–water partition coefficient (Wildman–Crippen LogP) is -0.00700. The molecule has 0 aliphatic heterocycles. The number of nitrogens with zero attached hydrogens (tertiary/aromatic N) is 1. The highest BCUT2D eigenvalue weighted by molar-refractivity contribution is 5.84. The maximum absolute atomic E-state index is 11.3. The molecular weight excluding hydrogens is 204 g/mol. The van der Waals surface area contributed by atoms with Gasteiger partial charge in [-0.2, -0.15) is 0 Å². The third kappa shape index (κ3) is 6.06. The van der Waals surface area contributed by atoms with Gasteiger partial charge in [-0.1, -0.05) is 12.2 Å². The first-order valence-corrected chi connectivity index (χ1v) is 5.53. The standard InChI is InChI=1S/C11H20N4O/c1-8(2)5-14-11(12)15-7-10(16)13-6-9-3-4-9/h9H,1,3-7H2,2H3,(H,13,16)(H3,12,14,15). The van der Waals surface area contributed by atoms with Crippen LogP contribution in [0.2, 0.25) is 0 Å². The summed E-state index contributed by atoms with van der Waals surface area (Å²) in [6.07, 6.45) is 2.46. The van der Waals surface area contributed by atoms with Gasteiger partial charge in [-0.3, -0.25) is 4.79 Å². The molecule has 1 saturated carbocycles. The highest BCUT2D eigenvalue weighted by Gasteiger charge is 2.21. The minimum atomic E-state index is -0.0769. The number of amides is 1. The lowest BCUT2D eigenvalue weighted by molar-refractivity contribution is -0.119. The van der Waals surface area contributed by atoms with Gasteiger partial charge < -0.3 is 16.4 Å². The Morgan fingerprint density at radius 2 is 2.19 bits per heavy atom. The van der Waals surface area contributed by atoms with Crippen molar-refractivity contribution >= 4 is 11.9 Å². The average molecular weight is 224 g/mol. The van der Waals surface area contributed by atoms with E-state index in [4.69, 9.17) is 5.73 Å². The van der Waals surface area contributed by atoms with Gasteiger partial charge in [0.1, 0.15) is 6.54 Å². The number of carbonyl (C=O) groups excluding carboxylic acids is 1. The number of hydrogen-bond acceptors (Lipinski definition) is 2. The van der Waals surface area contributed by atoms with Crippen LogP contribution in [0, 0.1) is 5.92 Å². The van der Waals surface area contributed by atoms with Crippen LogP contribution in [-0.2, 0) is 4.79 Å². The molecule has 0 bridgehead atoms. The molecule has 1 fully saturated rings. The largest absolute Gasteiger partial charge is 0.370 e. The van der Waals surface area contributed by atoms with Gasteiger partial charge in [0, 0.05) is 13.1 Å². The molecule has 0 saturated heterocycles. The number of nitrogens with two attached hydrogens (primary N) is 1. The SMILES string of the molecule is C=C(C)CNC(N)=NCC(=O)NCC1CC1. The normalized spacial score (nSPS) is 15.7.